The van der Waals surface area contributed by atoms with Gasteiger partial charge in [-0.15, -0.1) is 0 Å². The largest absolute Gasteiger partial charge is 0.460 e. The fourth-order valence-corrected chi connectivity index (χ4v) is 1.85. The smallest absolute Gasteiger partial charge is 0.332 e. The second-order valence-electron chi connectivity index (χ2n) is 4.21. The quantitative estimate of drug-likeness (QED) is 0.727. The number of hydrogen-bond donors (Lipinski definition) is 0. The lowest BCUT2D eigenvalue weighted by atomic mass is 10.5. The summed E-state index contributed by atoms with van der Waals surface area (Å²) in [6.45, 7) is 2.25. The molecule has 2 aromatic rings. The molecule has 0 saturated heterocycles. The van der Waals surface area contributed by atoms with Gasteiger partial charge in [0.25, 0.3) is 11.6 Å². The second kappa shape index (κ2) is 4.75. The number of ether oxygens (including phenoxy) is 1. The van der Waals surface area contributed by atoms with Gasteiger partial charge >= 0.3 is 5.69 Å². The van der Waals surface area contributed by atoms with Crippen LogP contribution in [0, 0.1) is 0 Å². The molecule has 102 valence electrons. The van der Waals surface area contributed by atoms with Crippen LogP contribution in [0.15, 0.2) is 21.7 Å². The Morgan fingerprint density at radius 3 is 2.47 bits per heavy atom. The molecule has 0 unspecified atom stereocenters. The minimum atomic E-state index is -0.407. The van der Waals surface area contributed by atoms with Gasteiger partial charge in [-0.05, 0) is 6.92 Å². The Morgan fingerprint density at radius 2 is 1.84 bits per heavy atom. The van der Waals surface area contributed by atoms with Crippen molar-refractivity contribution in [2.45, 2.75) is 6.92 Å². The summed E-state index contributed by atoms with van der Waals surface area (Å²) in [7, 11) is 4.70. The average Bonchev–Trinajstić information content (AvgIpc) is 2.72. The SMILES string of the molecule is CC=CCOc1nc2c(c(=O)n(C)c(=O)n2C)n1C. The van der Waals surface area contributed by atoms with Crippen LogP contribution in [-0.2, 0) is 21.1 Å². The number of fused-ring (bicyclic) bond motifs is 1. The maximum atomic E-state index is 12.1. The van der Waals surface area contributed by atoms with E-state index in [1.807, 2.05) is 19.1 Å². The predicted molar refractivity (Wildman–Crippen MR) is 71.5 cm³/mol. The fraction of sp³-hybridized carbons (Fsp3) is 0.417. The Hall–Kier alpha value is -2.31. The predicted octanol–water partition coefficient (Wildman–Crippen LogP) is -0.0744. The van der Waals surface area contributed by atoms with Gasteiger partial charge in [0.05, 0.1) is 0 Å². The number of aryl methyl sites for hydroxylation is 2. The van der Waals surface area contributed by atoms with Gasteiger partial charge in [0.1, 0.15) is 6.61 Å². The standard InChI is InChI=1S/C12H16N4O3/c1-5-6-7-19-11-13-9-8(14(11)2)10(17)16(4)12(18)15(9)3/h5-6H,7H2,1-4H3. The average molecular weight is 264 g/mol. The molecule has 2 rings (SSSR count). The lowest BCUT2D eigenvalue weighted by Gasteiger charge is -2.03. The van der Waals surface area contributed by atoms with E-state index in [9.17, 15) is 9.59 Å². The molecule has 0 aliphatic carbocycles. The molecule has 0 N–H and O–H groups in total. The highest BCUT2D eigenvalue weighted by atomic mass is 16.5. The molecule has 19 heavy (non-hydrogen) atoms. The summed E-state index contributed by atoms with van der Waals surface area (Å²) in [6, 6.07) is 0.311. The maximum absolute atomic E-state index is 12.1. The van der Waals surface area contributed by atoms with Crippen molar-refractivity contribution < 1.29 is 4.74 Å². The minimum absolute atomic E-state index is 0.311. The van der Waals surface area contributed by atoms with Gasteiger partial charge in [0.2, 0.25) is 0 Å². The summed E-state index contributed by atoms with van der Waals surface area (Å²) in [5.74, 6) is 0. The van der Waals surface area contributed by atoms with Gasteiger partial charge in [-0.1, -0.05) is 12.2 Å². The zero-order chi connectivity index (χ0) is 14.2. The van der Waals surface area contributed by atoms with E-state index in [-0.39, 0.29) is 5.56 Å². The number of nitrogens with zero attached hydrogens (tertiary/aromatic N) is 4. The van der Waals surface area contributed by atoms with Crippen LogP contribution >= 0.6 is 0 Å². The lowest BCUT2D eigenvalue weighted by Crippen LogP contribution is -2.37. The topological polar surface area (TPSA) is 71.1 Å². The van der Waals surface area contributed by atoms with Crippen molar-refractivity contribution in [1.29, 1.82) is 0 Å². The Labute approximate surface area is 109 Å². The van der Waals surface area contributed by atoms with Gasteiger partial charge in [0.15, 0.2) is 11.2 Å². The van der Waals surface area contributed by atoms with Crippen molar-refractivity contribution >= 4 is 11.2 Å². The van der Waals surface area contributed by atoms with E-state index in [0.717, 1.165) is 4.57 Å². The first-order chi connectivity index (χ1) is 8.99. The molecule has 0 aromatic carbocycles. The van der Waals surface area contributed by atoms with Crippen molar-refractivity contribution in [3.63, 3.8) is 0 Å². The van der Waals surface area contributed by atoms with Gasteiger partial charge in [-0.3, -0.25) is 18.5 Å². The second-order valence-corrected chi connectivity index (χ2v) is 4.21. The highest BCUT2D eigenvalue weighted by Gasteiger charge is 2.17. The molecule has 2 heterocycles. The van der Waals surface area contributed by atoms with Crippen LogP contribution in [0.3, 0.4) is 0 Å². The molecule has 2 aromatic heterocycles. The summed E-state index contributed by atoms with van der Waals surface area (Å²) in [5, 5.41) is 0. The van der Waals surface area contributed by atoms with Gasteiger partial charge in [-0.25, -0.2) is 4.79 Å². The highest BCUT2D eigenvalue weighted by Crippen LogP contribution is 2.15. The number of aromatic nitrogens is 4. The zero-order valence-corrected chi connectivity index (χ0v) is 11.4. The first-order valence-electron chi connectivity index (χ1n) is 5.85. The molecule has 7 nitrogen and oxygen atoms in total. The van der Waals surface area contributed by atoms with Gasteiger partial charge < -0.3 is 4.74 Å². The summed E-state index contributed by atoms with van der Waals surface area (Å²) < 4.78 is 9.40. The normalized spacial score (nSPS) is 11.6. The van der Waals surface area contributed by atoms with E-state index < -0.39 is 5.69 Å². The van der Waals surface area contributed by atoms with Crippen LogP contribution < -0.4 is 16.0 Å². The third kappa shape index (κ3) is 1.96. The van der Waals surface area contributed by atoms with E-state index in [4.69, 9.17) is 4.74 Å². The molecule has 0 amide bonds. The molecule has 0 aliphatic rings. The number of hydrogen-bond acceptors (Lipinski definition) is 4. The monoisotopic (exact) mass is 264 g/mol. The summed E-state index contributed by atoms with van der Waals surface area (Å²) in [6.07, 6.45) is 3.69. The van der Waals surface area contributed by atoms with Crippen molar-refractivity contribution in [2.24, 2.45) is 21.1 Å². The molecule has 0 spiro atoms. The van der Waals surface area contributed by atoms with Crippen LogP contribution in [-0.4, -0.2) is 25.3 Å². The van der Waals surface area contributed by atoms with Crippen LogP contribution in [0.25, 0.3) is 11.2 Å². The van der Waals surface area contributed by atoms with E-state index >= 15 is 0 Å². The Bertz CT molecular complexity index is 764. The van der Waals surface area contributed by atoms with Gasteiger partial charge in [-0.2, -0.15) is 4.98 Å². The van der Waals surface area contributed by atoms with Crippen LogP contribution in [0.5, 0.6) is 6.01 Å². The van der Waals surface area contributed by atoms with E-state index in [2.05, 4.69) is 4.98 Å². The van der Waals surface area contributed by atoms with Gasteiger partial charge in [0, 0.05) is 21.1 Å². The fourth-order valence-electron chi connectivity index (χ4n) is 1.85. The molecular formula is C12H16N4O3. The minimum Gasteiger partial charge on any atom is -0.460 e. The van der Waals surface area contributed by atoms with Crippen LogP contribution in [0.1, 0.15) is 6.92 Å². The molecule has 0 fully saturated rings. The number of allylic oxidation sites excluding steroid dienone is 1. The van der Waals surface area contributed by atoms with E-state index in [1.54, 1.807) is 18.7 Å². The number of imidazole rings is 1. The molecule has 0 atom stereocenters. The Morgan fingerprint density at radius 1 is 1.16 bits per heavy atom. The van der Waals surface area contributed by atoms with Crippen molar-refractivity contribution in [3.8, 4) is 6.01 Å². The van der Waals surface area contributed by atoms with Crippen LogP contribution in [0.2, 0.25) is 0 Å². The molecule has 0 radical (unpaired) electrons. The Kier molecular flexibility index (Phi) is 3.28. The molecule has 7 heteroatoms. The lowest BCUT2D eigenvalue weighted by molar-refractivity contribution is 0.323. The van der Waals surface area contributed by atoms with E-state index in [0.29, 0.717) is 23.8 Å². The van der Waals surface area contributed by atoms with Crippen molar-refractivity contribution in [1.82, 2.24) is 18.7 Å². The molecule has 0 bridgehead atoms. The summed E-state index contributed by atoms with van der Waals surface area (Å²) in [4.78, 5) is 28.1. The first-order valence-corrected chi connectivity index (χ1v) is 5.85. The van der Waals surface area contributed by atoms with Crippen molar-refractivity contribution in [2.75, 3.05) is 6.61 Å². The molecule has 0 aliphatic heterocycles. The summed E-state index contributed by atoms with van der Waals surface area (Å²) in [5.41, 5.74) is -0.115. The zero-order valence-electron chi connectivity index (χ0n) is 11.4. The molecular weight excluding hydrogens is 248 g/mol. The molecule has 0 saturated carbocycles. The van der Waals surface area contributed by atoms with E-state index in [1.165, 1.54) is 11.6 Å². The highest BCUT2D eigenvalue weighted by molar-refractivity contribution is 5.71. The first kappa shape index (κ1) is 13.1. The Balaban J connectivity index is 2.70. The maximum Gasteiger partial charge on any atom is 0.332 e. The van der Waals surface area contributed by atoms with Crippen LogP contribution in [0.4, 0.5) is 0 Å². The summed E-state index contributed by atoms with van der Waals surface area (Å²) >= 11 is 0. The third-order valence-corrected chi connectivity index (χ3v) is 2.98. The number of rotatable bonds is 3. The third-order valence-electron chi connectivity index (χ3n) is 2.98. The van der Waals surface area contributed by atoms with Crippen molar-refractivity contribution in [3.05, 3.63) is 33.0 Å².